The molecule has 0 saturated heterocycles. The van der Waals surface area contributed by atoms with Crippen molar-refractivity contribution in [3.8, 4) is 0 Å². The first kappa shape index (κ1) is 28.9. The van der Waals surface area contributed by atoms with Crippen molar-refractivity contribution in [2.75, 3.05) is 10.8 Å². The van der Waals surface area contributed by atoms with Crippen LogP contribution in [0.25, 0.3) is 0 Å². The van der Waals surface area contributed by atoms with Crippen molar-refractivity contribution in [1.82, 2.24) is 10.2 Å². The molecule has 0 radical (unpaired) electrons. The monoisotopic (exact) mass is 587 g/mol. The second kappa shape index (κ2) is 12.9. The highest BCUT2D eigenvalue weighted by atomic mass is 35.5. The van der Waals surface area contributed by atoms with Gasteiger partial charge in [-0.25, -0.2) is 8.42 Å². The maximum atomic E-state index is 13.9. The minimum absolute atomic E-state index is 0.0446. The van der Waals surface area contributed by atoms with Crippen LogP contribution in [0, 0.1) is 0 Å². The van der Waals surface area contributed by atoms with Gasteiger partial charge in [0.1, 0.15) is 12.6 Å². The van der Waals surface area contributed by atoms with E-state index in [1.807, 2.05) is 0 Å². The lowest BCUT2D eigenvalue weighted by atomic mass is 10.1. The predicted octanol–water partition coefficient (Wildman–Crippen LogP) is 5.66. The van der Waals surface area contributed by atoms with Crippen LogP contribution >= 0.6 is 23.2 Å². The Labute approximate surface area is 239 Å². The van der Waals surface area contributed by atoms with Crippen molar-refractivity contribution in [3.05, 3.63) is 94.5 Å². The maximum Gasteiger partial charge on any atom is 0.264 e. The Kier molecular flexibility index (Phi) is 9.53. The Morgan fingerprint density at radius 2 is 1.54 bits per heavy atom. The second-order valence-corrected chi connectivity index (χ2v) is 12.3. The molecular formula is C29H31Cl2N3O4S. The van der Waals surface area contributed by atoms with Crippen LogP contribution in [0.5, 0.6) is 0 Å². The van der Waals surface area contributed by atoms with Crippen molar-refractivity contribution in [2.24, 2.45) is 0 Å². The highest BCUT2D eigenvalue weighted by Gasteiger charge is 2.33. The van der Waals surface area contributed by atoms with Crippen molar-refractivity contribution in [2.45, 2.75) is 56.1 Å². The Morgan fingerprint density at radius 1 is 0.923 bits per heavy atom. The van der Waals surface area contributed by atoms with Crippen LogP contribution in [-0.4, -0.2) is 43.8 Å². The van der Waals surface area contributed by atoms with E-state index in [1.165, 1.54) is 17.0 Å². The average Bonchev–Trinajstić information content (AvgIpc) is 3.45. The number of rotatable bonds is 10. The van der Waals surface area contributed by atoms with E-state index in [1.54, 1.807) is 73.7 Å². The first-order valence-corrected chi connectivity index (χ1v) is 15.0. The number of nitrogens with one attached hydrogen (secondary N) is 1. The first-order valence-electron chi connectivity index (χ1n) is 12.8. The molecule has 1 fully saturated rings. The third-order valence-corrected chi connectivity index (χ3v) is 9.39. The van der Waals surface area contributed by atoms with Gasteiger partial charge in [-0.05, 0) is 61.7 Å². The molecule has 1 aliphatic carbocycles. The van der Waals surface area contributed by atoms with Gasteiger partial charge < -0.3 is 10.2 Å². The molecule has 0 aromatic heterocycles. The number of sulfonamides is 1. The van der Waals surface area contributed by atoms with Gasteiger partial charge in [0.25, 0.3) is 10.0 Å². The number of para-hydroxylation sites is 1. The number of halogens is 2. The molecule has 1 N–H and O–H groups in total. The lowest BCUT2D eigenvalue weighted by molar-refractivity contribution is -0.139. The quantitative estimate of drug-likeness (QED) is 0.331. The van der Waals surface area contributed by atoms with Crippen LogP contribution in [0.4, 0.5) is 5.69 Å². The molecule has 39 heavy (non-hydrogen) atoms. The lowest BCUT2D eigenvalue weighted by Crippen LogP contribution is -2.52. The summed E-state index contributed by atoms with van der Waals surface area (Å²) in [6.07, 6.45) is 3.90. The van der Waals surface area contributed by atoms with Gasteiger partial charge in [-0.1, -0.05) is 78.5 Å². The predicted molar refractivity (Wildman–Crippen MR) is 154 cm³/mol. The van der Waals surface area contributed by atoms with Gasteiger partial charge in [0, 0.05) is 12.6 Å². The Morgan fingerprint density at radius 3 is 2.15 bits per heavy atom. The summed E-state index contributed by atoms with van der Waals surface area (Å²) in [6, 6.07) is 20.6. The number of hydrogen-bond donors (Lipinski definition) is 1. The average molecular weight is 589 g/mol. The number of carbonyl (C=O) groups excluding carboxylic acids is 2. The molecule has 10 heteroatoms. The van der Waals surface area contributed by atoms with E-state index in [0.29, 0.717) is 21.3 Å². The molecule has 0 unspecified atom stereocenters. The number of nitrogens with zero attached hydrogens (tertiary/aromatic N) is 2. The van der Waals surface area contributed by atoms with Gasteiger partial charge in [0.05, 0.1) is 20.6 Å². The van der Waals surface area contributed by atoms with Gasteiger partial charge in [-0.15, -0.1) is 0 Å². The molecule has 206 valence electrons. The van der Waals surface area contributed by atoms with Crippen LogP contribution in [0.15, 0.2) is 83.8 Å². The highest BCUT2D eigenvalue weighted by molar-refractivity contribution is 7.92. The van der Waals surface area contributed by atoms with Gasteiger partial charge in [-0.2, -0.15) is 0 Å². The Bertz CT molecular complexity index is 1400. The van der Waals surface area contributed by atoms with E-state index in [9.17, 15) is 18.0 Å². The summed E-state index contributed by atoms with van der Waals surface area (Å²) in [5.41, 5.74) is 1.00. The molecular weight excluding hydrogens is 557 g/mol. The van der Waals surface area contributed by atoms with Crippen LogP contribution in [0.2, 0.25) is 10.0 Å². The zero-order valence-electron chi connectivity index (χ0n) is 21.6. The highest BCUT2D eigenvalue weighted by Crippen LogP contribution is 2.26. The van der Waals surface area contributed by atoms with Crippen LogP contribution in [0.1, 0.15) is 38.2 Å². The van der Waals surface area contributed by atoms with Crippen molar-refractivity contribution in [3.63, 3.8) is 0 Å². The standard InChI is InChI=1S/C29H31Cl2N3O4S/c1-21(29(36)32-23-10-8-9-11-23)33(19-22-16-17-26(30)27(31)18-22)28(35)20-34(24-12-4-2-5-13-24)39(37,38)25-14-6-3-7-15-25/h2-7,12-18,21,23H,8-11,19-20H2,1H3,(H,32,36)/t21-/m0/s1. The molecule has 0 heterocycles. The molecule has 4 rings (SSSR count). The molecule has 0 spiro atoms. The molecule has 1 atom stereocenters. The van der Waals surface area contributed by atoms with E-state index < -0.39 is 28.5 Å². The van der Waals surface area contributed by atoms with E-state index in [4.69, 9.17) is 23.2 Å². The molecule has 3 aromatic carbocycles. The molecule has 7 nitrogen and oxygen atoms in total. The minimum atomic E-state index is -4.09. The normalized spacial score (nSPS) is 14.5. The topological polar surface area (TPSA) is 86.8 Å². The molecule has 0 bridgehead atoms. The molecule has 0 aliphatic heterocycles. The van der Waals surface area contributed by atoms with E-state index in [0.717, 1.165) is 30.0 Å². The van der Waals surface area contributed by atoms with Crippen LogP contribution in [0.3, 0.4) is 0 Å². The summed E-state index contributed by atoms with van der Waals surface area (Å²) in [7, 11) is -4.09. The third kappa shape index (κ3) is 7.12. The number of carbonyl (C=O) groups is 2. The molecule has 1 saturated carbocycles. The zero-order valence-corrected chi connectivity index (χ0v) is 23.9. The van der Waals surface area contributed by atoms with E-state index in [-0.39, 0.29) is 23.4 Å². The Hall–Kier alpha value is -3.07. The number of amides is 2. The fraction of sp³-hybridized carbons (Fsp3) is 0.310. The van der Waals surface area contributed by atoms with Gasteiger partial charge >= 0.3 is 0 Å². The number of benzene rings is 3. The van der Waals surface area contributed by atoms with Crippen LogP contribution in [-0.2, 0) is 26.2 Å². The summed E-state index contributed by atoms with van der Waals surface area (Å²) < 4.78 is 28.5. The summed E-state index contributed by atoms with van der Waals surface area (Å²) in [6.45, 7) is 1.20. The summed E-state index contributed by atoms with van der Waals surface area (Å²) >= 11 is 12.3. The number of anilines is 1. The first-order chi connectivity index (χ1) is 18.7. The largest absolute Gasteiger partial charge is 0.352 e. The molecule has 3 aromatic rings. The van der Waals surface area contributed by atoms with Gasteiger partial charge in [-0.3, -0.25) is 13.9 Å². The molecule has 2 amide bonds. The summed E-state index contributed by atoms with van der Waals surface area (Å²) in [4.78, 5) is 28.6. The third-order valence-electron chi connectivity index (χ3n) is 6.86. The van der Waals surface area contributed by atoms with E-state index in [2.05, 4.69) is 5.32 Å². The smallest absolute Gasteiger partial charge is 0.264 e. The van der Waals surface area contributed by atoms with Gasteiger partial charge in [0.15, 0.2) is 0 Å². The van der Waals surface area contributed by atoms with E-state index >= 15 is 0 Å². The maximum absolute atomic E-state index is 13.9. The summed E-state index contributed by atoms with van der Waals surface area (Å²) in [5, 5.41) is 3.74. The lowest BCUT2D eigenvalue weighted by Gasteiger charge is -2.32. The fourth-order valence-electron chi connectivity index (χ4n) is 4.65. The Balaban J connectivity index is 1.67. The van der Waals surface area contributed by atoms with Crippen molar-refractivity contribution in [1.29, 1.82) is 0 Å². The fourth-order valence-corrected chi connectivity index (χ4v) is 6.41. The SMILES string of the molecule is C[C@@H](C(=O)NC1CCCC1)N(Cc1ccc(Cl)c(Cl)c1)C(=O)CN(c1ccccc1)S(=O)(=O)c1ccccc1. The van der Waals surface area contributed by atoms with Crippen molar-refractivity contribution >= 4 is 50.7 Å². The summed E-state index contributed by atoms with van der Waals surface area (Å²) in [5.74, 6) is -0.814. The van der Waals surface area contributed by atoms with Gasteiger partial charge in [0.2, 0.25) is 11.8 Å². The second-order valence-electron chi connectivity index (χ2n) is 9.60. The minimum Gasteiger partial charge on any atom is -0.352 e. The number of hydrogen-bond acceptors (Lipinski definition) is 4. The van der Waals surface area contributed by atoms with Crippen molar-refractivity contribution < 1.29 is 18.0 Å². The molecule has 1 aliphatic rings. The zero-order chi connectivity index (χ0) is 28.0. The van der Waals surface area contributed by atoms with Crippen LogP contribution < -0.4 is 9.62 Å².